The number of amides is 2. The lowest BCUT2D eigenvalue weighted by molar-refractivity contribution is -0.132. The smallest absolute Gasteiger partial charge is 0.328 e. The van der Waals surface area contributed by atoms with E-state index in [-0.39, 0.29) is 0 Å². The van der Waals surface area contributed by atoms with Crippen molar-refractivity contribution >= 4 is 23.8 Å². The van der Waals surface area contributed by atoms with E-state index in [1.165, 1.54) is 0 Å². The van der Waals surface area contributed by atoms with E-state index in [1.807, 2.05) is 0 Å². The highest BCUT2D eigenvalue weighted by Crippen LogP contribution is 2.08. The standard InChI is InChI=1S/C18H28N2O6/c21-15(9-11-17(23)24)19-13-7-5-3-1-2-4-6-8-14-20-16(22)10-12-18(25)26/h9-12H,1-8,13-14H2,(H,19,21)(H,20,22)(H,23,24)(H,25,26)/b11-9-,12-10-. The maximum absolute atomic E-state index is 11.2. The van der Waals surface area contributed by atoms with Crippen molar-refractivity contribution in [1.82, 2.24) is 10.6 Å². The number of unbranched alkanes of at least 4 members (excludes halogenated alkanes) is 7. The van der Waals surface area contributed by atoms with Crippen LogP contribution in [0.4, 0.5) is 0 Å². The molecule has 2 amide bonds. The van der Waals surface area contributed by atoms with Crippen molar-refractivity contribution in [2.24, 2.45) is 0 Å². The molecule has 0 heterocycles. The Hall–Kier alpha value is -2.64. The summed E-state index contributed by atoms with van der Waals surface area (Å²) in [6.45, 7) is 1.08. The van der Waals surface area contributed by atoms with Crippen molar-refractivity contribution in [2.45, 2.75) is 51.4 Å². The maximum Gasteiger partial charge on any atom is 0.328 e. The van der Waals surface area contributed by atoms with Gasteiger partial charge in [-0.3, -0.25) is 9.59 Å². The Balaban J connectivity index is 3.34. The highest BCUT2D eigenvalue weighted by Gasteiger charge is 1.98. The first-order chi connectivity index (χ1) is 12.4. The van der Waals surface area contributed by atoms with Crippen molar-refractivity contribution in [3.8, 4) is 0 Å². The van der Waals surface area contributed by atoms with E-state index in [4.69, 9.17) is 10.2 Å². The Kier molecular flexibility index (Phi) is 14.3. The van der Waals surface area contributed by atoms with Crippen LogP contribution in [0.5, 0.6) is 0 Å². The number of hydrogen-bond acceptors (Lipinski definition) is 4. The predicted octanol–water partition coefficient (Wildman–Crippen LogP) is 1.62. The molecule has 0 radical (unpaired) electrons. The van der Waals surface area contributed by atoms with Crippen LogP contribution in [-0.2, 0) is 19.2 Å². The van der Waals surface area contributed by atoms with Gasteiger partial charge in [0.05, 0.1) is 0 Å². The Labute approximate surface area is 153 Å². The van der Waals surface area contributed by atoms with E-state index >= 15 is 0 Å². The van der Waals surface area contributed by atoms with Crippen molar-refractivity contribution in [2.75, 3.05) is 13.1 Å². The van der Waals surface area contributed by atoms with Crippen LogP contribution >= 0.6 is 0 Å². The van der Waals surface area contributed by atoms with Crippen molar-refractivity contribution < 1.29 is 29.4 Å². The quantitative estimate of drug-likeness (QED) is 0.256. The van der Waals surface area contributed by atoms with E-state index in [0.717, 1.165) is 75.7 Å². The summed E-state index contributed by atoms with van der Waals surface area (Å²) >= 11 is 0. The average Bonchev–Trinajstić information content (AvgIpc) is 2.59. The molecule has 0 saturated carbocycles. The van der Waals surface area contributed by atoms with Gasteiger partial charge in [0, 0.05) is 37.4 Å². The van der Waals surface area contributed by atoms with Gasteiger partial charge in [-0.15, -0.1) is 0 Å². The van der Waals surface area contributed by atoms with Gasteiger partial charge in [0.2, 0.25) is 11.8 Å². The van der Waals surface area contributed by atoms with Gasteiger partial charge in [0.25, 0.3) is 0 Å². The van der Waals surface area contributed by atoms with Gasteiger partial charge in [-0.05, 0) is 12.8 Å². The average molecular weight is 368 g/mol. The predicted molar refractivity (Wildman–Crippen MR) is 96.5 cm³/mol. The summed E-state index contributed by atoms with van der Waals surface area (Å²) in [7, 11) is 0. The van der Waals surface area contributed by atoms with Crippen molar-refractivity contribution in [3.63, 3.8) is 0 Å². The molecule has 146 valence electrons. The largest absolute Gasteiger partial charge is 0.478 e. The molecule has 8 nitrogen and oxygen atoms in total. The van der Waals surface area contributed by atoms with Gasteiger partial charge in [0.1, 0.15) is 0 Å². The number of carbonyl (C=O) groups is 4. The SMILES string of the molecule is O=C(O)/C=C\C(=O)NCCCCCCCCCCNC(=O)/C=C\C(=O)O. The van der Waals surface area contributed by atoms with Crippen LogP contribution < -0.4 is 10.6 Å². The minimum absolute atomic E-state index is 0.391. The van der Waals surface area contributed by atoms with E-state index < -0.39 is 23.8 Å². The molecule has 0 saturated heterocycles. The summed E-state index contributed by atoms with van der Waals surface area (Å²) in [5.41, 5.74) is 0. The highest BCUT2D eigenvalue weighted by atomic mass is 16.4. The fourth-order valence-electron chi connectivity index (χ4n) is 2.15. The number of rotatable bonds is 15. The van der Waals surface area contributed by atoms with Crippen LogP contribution in [0.1, 0.15) is 51.4 Å². The third-order valence-electron chi connectivity index (χ3n) is 3.46. The molecular formula is C18H28N2O6. The first-order valence-electron chi connectivity index (χ1n) is 8.79. The van der Waals surface area contributed by atoms with Gasteiger partial charge in [-0.1, -0.05) is 38.5 Å². The fourth-order valence-corrected chi connectivity index (χ4v) is 2.15. The molecule has 0 aromatic carbocycles. The molecule has 0 atom stereocenters. The molecule has 4 N–H and O–H groups in total. The second-order valence-electron chi connectivity index (χ2n) is 5.75. The van der Waals surface area contributed by atoms with E-state index in [9.17, 15) is 19.2 Å². The van der Waals surface area contributed by atoms with Crippen LogP contribution in [0, 0.1) is 0 Å². The van der Waals surface area contributed by atoms with Crippen LogP contribution in [-0.4, -0.2) is 47.1 Å². The highest BCUT2D eigenvalue weighted by molar-refractivity contribution is 5.94. The minimum atomic E-state index is -1.14. The number of aliphatic carboxylic acids is 2. The molecule has 0 aliphatic heterocycles. The van der Waals surface area contributed by atoms with Gasteiger partial charge < -0.3 is 20.8 Å². The number of carboxylic acid groups (broad SMARTS) is 2. The van der Waals surface area contributed by atoms with Crippen LogP contribution in [0.25, 0.3) is 0 Å². The second-order valence-corrected chi connectivity index (χ2v) is 5.75. The second kappa shape index (κ2) is 15.9. The maximum atomic E-state index is 11.2. The Morgan fingerprint density at radius 2 is 0.846 bits per heavy atom. The zero-order valence-electron chi connectivity index (χ0n) is 14.9. The molecule has 0 bridgehead atoms. The molecule has 0 aromatic rings. The lowest BCUT2D eigenvalue weighted by Gasteiger charge is -2.04. The molecule has 0 spiro atoms. The topological polar surface area (TPSA) is 133 Å². The fraction of sp³-hybridized carbons (Fsp3) is 0.556. The van der Waals surface area contributed by atoms with E-state index in [0.29, 0.717) is 13.1 Å². The minimum Gasteiger partial charge on any atom is -0.478 e. The van der Waals surface area contributed by atoms with Gasteiger partial charge in [0.15, 0.2) is 0 Å². The number of nitrogens with one attached hydrogen (secondary N) is 2. The summed E-state index contributed by atoms with van der Waals surface area (Å²) in [5, 5.41) is 22.0. The van der Waals surface area contributed by atoms with Gasteiger partial charge in [-0.25, -0.2) is 9.59 Å². The van der Waals surface area contributed by atoms with E-state index in [2.05, 4.69) is 10.6 Å². The van der Waals surface area contributed by atoms with Crippen LogP contribution in [0.15, 0.2) is 24.3 Å². The third-order valence-corrected chi connectivity index (χ3v) is 3.46. The zero-order chi connectivity index (χ0) is 19.6. The van der Waals surface area contributed by atoms with Crippen molar-refractivity contribution in [3.05, 3.63) is 24.3 Å². The molecule has 26 heavy (non-hydrogen) atoms. The monoisotopic (exact) mass is 368 g/mol. The summed E-state index contributed by atoms with van der Waals surface area (Å²) in [6.07, 6.45) is 11.8. The number of hydrogen-bond donors (Lipinski definition) is 4. The summed E-state index contributed by atoms with van der Waals surface area (Å²) < 4.78 is 0. The molecular weight excluding hydrogens is 340 g/mol. The van der Waals surface area contributed by atoms with Gasteiger partial charge >= 0.3 is 11.9 Å². The molecule has 0 aromatic heterocycles. The Morgan fingerprint density at radius 1 is 0.538 bits per heavy atom. The lowest BCUT2D eigenvalue weighted by atomic mass is 10.1. The number of carbonyl (C=O) groups excluding carboxylic acids is 2. The first-order valence-corrected chi connectivity index (χ1v) is 8.79. The molecule has 0 aliphatic carbocycles. The summed E-state index contributed by atoms with van der Waals surface area (Å²) in [6, 6.07) is 0. The Bertz CT molecular complexity index is 468. The first kappa shape index (κ1) is 23.4. The molecule has 0 fully saturated rings. The van der Waals surface area contributed by atoms with E-state index in [1.54, 1.807) is 0 Å². The normalized spacial score (nSPS) is 10.9. The molecule has 0 unspecified atom stereocenters. The van der Waals surface area contributed by atoms with Crippen LogP contribution in [0.3, 0.4) is 0 Å². The van der Waals surface area contributed by atoms with Crippen molar-refractivity contribution in [1.29, 1.82) is 0 Å². The van der Waals surface area contributed by atoms with Crippen LogP contribution in [0.2, 0.25) is 0 Å². The summed E-state index contributed by atoms with van der Waals surface area (Å²) in [4.78, 5) is 42.9. The van der Waals surface area contributed by atoms with Gasteiger partial charge in [-0.2, -0.15) is 0 Å². The molecule has 0 rings (SSSR count). The third kappa shape index (κ3) is 17.7. The summed E-state index contributed by atoms with van der Waals surface area (Å²) in [5.74, 6) is -3.06. The Morgan fingerprint density at radius 3 is 1.15 bits per heavy atom. The zero-order valence-corrected chi connectivity index (χ0v) is 14.9. The molecule has 0 aliphatic rings. The molecule has 8 heteroatoms. The number of carboxylic acids is 2. The lowest BCUT2D eigenvalue weighted by Crippen LogP contribution is -2.22.